The number of thiophene rings is 1. The SMILES string of the molecule is CCNCC(CC)N1CCc2sccc2C1. The normalized spacial score (nSPS) is 18.4. The van der Waals surface area contributed by atoms with Crippen molar-refractivity contribution in [2.24, 2.45) is 0 Å². The van der Waals surface area contributed by atoms with Crippen molar-refractivity contribution < 1.29 is 0 Å². The molecular formula is C13H22N2S. The van der Waals surface area contributed by atoms with Crippen LogP contribution < -0.4 is 5.32 Å². The van der Waals surface area contributed by atoms with Crippen LogP contribution in [0.25, 0.3) is 0 Å². The maximum Gasteiger partial charge on any atom is 0.0248 e. The highest BCUT2D eigenvalue weighted by atomic mass is 32.1. The van der Waals surface area contributed by atoms with Crippen molar-refractivity contribution in [1.82, 2.24) is 10.2 Å². The maximum atomic E-state index is 3.48. The van der Waals surface area contributed by atoms with Crippen molar-refractivity contribution in [3.05, 3.63) is 21.9 Å². The van der Waals surface area contributed by atoms with E-state index in [9.17, 15) is 0 Å². The molecule has 16 heavy (non-hydrogen) atoms. The molecule has 0 amide bonds. The summed E-state index contributed by atoms with van der Waals surface area (Å²) in [7, 11) is 0. The average Bonchev–Trinajstić information content (AvgIpc) is 2.77. The van der Waals surface area contributed by atoms with Gasteiger partial charge in [0.1, 0.15) is 0 Å². The number of fused-ring (bicyclic) bond motifs is 1. The fourth-order valence-electron chi connectivity index (χ4n) is 2.42. The Hall–Kier alpha value is -0.380. The van der Waals surface area contributed by atoms with Gasteiger partial charge in [0, 0.05) is 30.6 Å². The molecule has 0 fully saturated rings. The predicted octanol–water partition coefficient (Wildman–Crippen LogP) is 2.49. The van der Waals surface area contributed by atoms with E-state index < -0.39 is 0 Å². The first kappa shape index (κ1) is 12.1. The Kier molecular flexibility index (Phi) is 4.38. The lowest BCUT2D eigenvalue weighted by molar-refractivity contribution is 0.171. The number of hydrogen-bond donors (Lipinski definition) is 1. The predicted molar refractivity (Wildman–Crippen MR) is 71.1 cm³/mol. The number of rotatable bonds is 5. The molecule has 0 radical (unpaired) electrons. The number of likely N-dealkylation sites (N-methyl/N-ethyl adjacent to an activating group) is 1. The van der Waals surface area contributed by atoms with E-state index in [0.29, 0.717) is 6.04 Å². The highest BCUT2D eigenvalue weighted by Gasteiger charge is 2.22. The van der Waals surface area contributed by atoms with Crippen molar-refractivity contribution in [2.45, 2.75) is 39.3 Å². The lowest BCUT2D eigenvalue weighted by atomic mass is 10.1. The van der Waals surface area contributed by atoms with Gasteiger partial charge in [-0.15, -0.1) is 11.3 Å². The molecule has 3 heteroatoms. The summed E-state index contributed by atoms with van der Waals surface area (Å²) in [6.07, 6.45) is 2.49. The first-order valence-corrected chi connectivity index (χ1v) is 7.23. The van der Waals surface area contributed by atoms with Gasteiger partial charge in [-0.05, 0) is 36.4 Å². The van der Waals surface area contributed by atoms with Gasteiger partial charge in [-0.2, -0.15) is 0 Å². The molecule has 1 unspecified atom stereocenters. The summed E-state index contributed by atoms with van der Waals surface area (Å²) in [5.74, 6) is 0. The van der Waals surface area contributed by atoms with Crippen molar-refractivity contribution in [3.63, 3.8) is 0 Å². The van der Waals surface area contributed by atoms with Gasteiger partial charge in [-0.25, -0.2) is 0 Å². The number of nitrogens with one attached hydrogen (secondary N) is 1. The summed E-state index contributed by atoms with van der Waals surface area (Å²) >= 11 is 1.92. The maximum absolute atomic E-state index is 3.48. The molecule has 0 aromatic carbocycles. The summed E-state index contributed by atoms with van der Waals surface area (Å²) < 4.78 is 0. The van der Waals surface area contributed by atoms with Crippen LogP contribution in [0.2, 0.25) is 0 Å². The minimum atomic E-state index is 0.702. The van der Waals surface area contributed by atoms with Crippen LogP contribution in [-0.4, -0.2) is 30.6 Å². The Labute approximate surface area is 103 Å². The zero-order chi connectivity index (χ0) is 11.4. The van der Waals surface area contributed by atoms with E-state index in [1.807, 2.05) is 11.3 Å². The van der Waals surface area contributed by atoms with Crippen LogP contribution in [0.5, 0.6) is 0 Å². The van der Waals surface area contributed by atoms with Gasteiger partial charge in [0.15, 0.2) is 0 Å². The summed E-state index contributed by atoms with van der Waals surface area (Å²) in [6, 6.07) is 3.00. The smallest absolute Gasteiger partial charge is 0.0248 e. The van der Waals surface area contributed by atoms with Gasteiger partial charge in [-0.3, -0.25) is 4.90 Å². The molecule has 1 aromatic rings. The third-order valence-electron chi connectivity index (χ3n) is 3.45. The van der Waals surface area contributed by atoms with Gasteiger partial charge in [-0.1, -0.05) is 13.8 Å². The second kappa shape index (κ2) is 5.80. The quantitative estimate of drug-likeness (QED) is 0.848. The summed E-state index contributed by atoms with van der Waals surface area (Å²) in [6.45, 7) is 9.08. The van der Waals surface area contributed by atoms with E-state index in [2.05, 4.69) is 35.5 Å². The van der Waals surface area contributed by atoms with Crippen LogP contribution in [0.3, 0.4) is 0 Å². The Bertz CT molecular complexity index is 321. The van der Waals surface area contributed by atoms with Crippen LogP contribution in [0.1, 0.15) is 30.7 Å². The average molecular weight is 238 g/mol. The summed E-state index contributed by atoms with van der Waals surface area (Å²) in [5, 5.41) is 5.71. The molecule has 0 spiro atoms. The topological polar surface area (TPSA) is 15.3 Å². The second-order valence-corrected chi connectivity index (χ2v) is 5.46. The fraction of sp³-hybridized carbons (Fsp3) is 0.692. The molecular weight excluding hydrogens is 216 g/mol. The minimum Gasteiger partial charge on any atom is -0.315 e. The molecule has 2 heterocycles. The van der Waals surface area contributed by atoms with Crippen LogP contribution in [-0.2, 0) is 13.0 Å². The van der Waals surface area contributed by atoms with E-state index in [4.69, 9.17) is 0 Å². The van der Waals surface area contributed by atoms with Crippen LogP contribution in [0.15, 0.2) is 11.4 Å². The Balaban J connectivity index is 1.95. The number of hydrogen-bond acceptors (Lipinski definition) is 3. The summed E-state index contributed by atoms with van der Waals surface area (Å²) in [5.41, 5.74) is 1.56. The van der Waals surface area contributed by atoms with Crippen LogP contribution >= 0.6 is 11.3 Å². The second-order valence-electron chi connectivity index (χ2n) is 4.46. The Morgan fingerprint density at radius 3 is 3.12 bits per heavy atom. The van der Waals surface area contributed by atoms with Crippen molar-refractivity contribution in [2.75, 3.05) is 19.6 Å². The third-order valence-corrected chi connectivity index (χ3v) is 4.48. The van der Waals surface area contributed by atoms with Gasteiger partial charge >= 0.3 is 0 Å². The van der Waals surface area contributed by atoms with Crippen molar-refractivity contribution >= 4 is 11.3 Å². The largest absolute Gasteiger partial charge is 0.315 e. The van der Waals surface area contributed by atoms with Gasteiger partial charge in [0.25, 0.3) is 0 Å². The highest BCUT2D eigenvalue weighted by Crippen LogP contribution is 2.25. The van der Waals surface area contributed by atoms with Gasteiger partial charge < -0.3 is 5.32 Å². The van der Waals surface area contributed by atoms with Crippen molar-refractivity contribution in [3.8, 4) is 0 Å². The Morgan fingerprint density at radius 1 is 1.50 bits per heavy atom. The molecule has 1 N–H and O–H groups in total. The van der Waals surface area contributed by atoms with Crippen LogP contribution in [0.4, 0.5) is 0 Å². The monoisotopic (exact) mass is 238 g/mol. The van der Waals surface area contributed by atoms with E-state index in [1.54, 1.807) is 10.4 Å². The third kappa shape index (κ3) is 2.65. The molecule has 0 saturated carbocycles. The minimum absolute atomic E-state index is 0.702. The van der Waals surface area contributed by atoms with E-state index in [1.165, 1.54) is 19.4 Å². The molecule has 0 aliphatic carbocycles. The van der Waals surface area contributed by atoms with E-state index in [0.717, 1.165) is 19.6 Å². The van der Waals surface area contributed by atoms with Gasteiger partial charge in [0.05, 0.1) is 0 Å². The molecule has 0 bridgehead atoms. The Morgan fingerprint density at radius 2 is 2.38 bits per heavy atom. The summed E-state index contributed by atoms with van der Waals surface area (Å²) in [4.78, 5) is 4.24. The lowest BCUT2D eigenvalue weighted by Gasteiger charge is -2.34. The molecule has 1 aliphatic rings. The molecule has 1 aromatic heterocycles. The molecule has 2 rings (SSSR count). The molecule has 1 atom stereocenters. The zero-order valence-electron chi connectivity index (χ0n) is 10.3. The van der Waals surface area contributed by atoms with E-state index in [-0.39, 0.29) is 0 Å². The first-order chi connectivity index (χ1) is 7.85. The molecule has 2 nitrogen and oxygen atoms in total. The standard InChI is InChI=1S/C13H22N2S/c1-3-12(9-14-4-2)15-7-5-13-11(10-15)6-8-16-13/h6,8,12,14H,3-5,7,9-10H2,1-2H3. The lowest BCUT2D eigenvalue weighted by Crippen LogP contribution is -2.44. The zero-order valence-corrected chi connectivity index (χ0v) is 11.1. The molecule has 0 saturated heterocycles. The fourth-order valence-corrected chi connectivity index (χ4v) is 3.31. The van der Waals surface area contributed by atoms with E-state index >= 15 is 0 Å². The molecule has 90 valence electrons. The number of nitrogens with zero attached hydrogens (tertiary/aromatic N) is 1. The van der Waals surface area contributed by atoms with Gasteiger partial charge in [0.2, 0.25) is 0 Å². The molecule has 1 aliphatic heterocycles. The first-order valence-electron chi connectivity index (χ1n) is 6.35. The highest BCUT2D eigenvalue weighted by molar-refractivity contribution is 7.10. The van der Waals surface area contributed by atoms with Crippen LogP contribution in [0, 0.1) is 0 Å². The van der Waals surface area contributed by atoms with Crippen molar-refractivity contribution in [1.29, 1.82) is 0 Å².